The summed E-state index contributed by atoms with van der Waals surface area (Å²) < 4.78 is 0. The first kappa shape index (κ1) is 26.3. The van der Waals surface area contributed by atoms with Crippen molar-refractivity contribution in [2.75, 3.05) is 19.1 Å². The molecule has 0 unspecified atom stereocenters. The number of rotatable bonds is 10. The number of hydrogen-bond acceptors (Lipinski definition) is 5. The number of hydrogen-bond donors (Lipinski definition) is 3. The third-order valence-electron chi connectivity index (χ3n) is 3.84. The van der Waals surface area contributed by atoms with Crippen molar-refractivity contribution < 1.29 is 14.7 Å². The van der Waals surface area contributed by atoms with Crippen molar-refractivity contribution >= 4 is 48.5 Å². The first-order valence-electron chi connectivity index (χ1n) is 8.27. The number of carbonyl (C=O) groups excluding carboxylic acids is 1. The molecule has 0 spiro atoms. The Morgan fingerprint density at radius 3 is 2.68 bits per heavy atom. The summed E-state index contributed by atoms with van der Waals surface area (Å²) >= 11 is 1.55. The second-order valence-electron chi connectivity index (χ2n) is 6.08. The zero-order valence-corrected chi connectivity index (χ0v) is 18.2. The van der Waals surface area contributed by atoms with Crippen LogP contribution in [0.1, 0.15) is 28.0 Å². The van der Waals surface area contributed by atoms with Crippen molar-refractivity contribution in [3.63, 3.8) is 0 Å². The van der Waals surface area contributed by atoms with Crippen LogP contribution in [0, 0.1) is 0 Å². The van der Waals surface area contributed by atoms with Gasteiger partial charge < -0.3 is 15.4 Å². The summed E-state index contributed by atoms with van der Waals surface area (Å²) in [5, 5.41) is 11.9. The van der Waals surface area contributed by atoms with E-state index in [0.29, 0.717) is 30.8 Å². The van der Waals surface area contributed by atoms with Gasteiger partial charge in [-0.1, -0.05) is 12.1 Å². The zero-order valence-electron chi connectivity index (χ0n) is 15.8. The number of nitrogens with zero attached hydrogens (tertiary/aromatic N) is 2. The number of aromatic amines is 1. The predicted octanol–water partition coefficient (Wildman–Crippen LogP) is 2.82. The zero-order chi connectivity index (χ0) is 18.9. The molecule has 2 rings (SSSR count). The molecule has 28 heavy (non-hydrogen) atoms. The standard InChI is InChI=1S/C18H24N4O3S.2ClH/c1-22(11-15-9-19-12-20-15)10-13-4-3-5-14(8-13)17(23)21-16(18(24)25)6-7-26-2;;/h3-5,8-9,12,16H,6-7,10-11H2,1-2H3,(H,19,20)(H,21,23)(H,24,25);2*1H/t16-;;/m0../s1. The Labute approximate surface area is 181 Å². The number of thioether (sulfide) groups is 1. The third kappa shape index (κ3) is 8.52. The van der Waals surface area contributed by atoms with Gasteiger partial charge >= 0.3 is 5.97 Å². The minimum absolute atomic E-state index is 0. The van der Waals surface area contributed by atoms with Crippen molar-refractivity contribution in [3.05, 3.63) is 53.6 Å². The number of carboxylic acid groups (broad SMARTS) is 1. The normalized spacial score (nSPS) is 11.2. The van der Waals surface area contributed by atoms with Crippen LogP contribution in [-0.2, 0) is 17.9 Å². The molecular weight excluding hydrogens is 423 g/mol. The summed E-state index contributed by atoms with van der Waals surface area (Å²) in [7, 11) is 1.98. The average molecular weight is 449 g/mol. The molecule has 1 amide bonds. The molecule has 0 radical (unpaired) electrons. The Balaban J connectivity index is 0.00000364. The van der Waals surface area contributed by atoms with Crippen LogP contribution < -0.4 is 5.32 Å². The number of halogens is 2. The summed E-state index contributed by atoms with van der Waals surface area (Å²) in [6, 6.07) is 6.37. The maximum Gasteiger partial charge on any atom is 0.326 e. The molecule has 0 aliphatic rings. The molecule has 1 aromatic carbocycles. The topological polar surface area (TPSA) is 98.3 Å². The van der Waals surface area contributed by atoms with Crippen molar-refractivity contribution in [2.24, 2.45) is 0 Å². The van der Waals surface area contributed by atoms with Gasteiger partial charge in [-0.3, -0.25) is 9.69 Å². The number of nitrogens with one attached hydrogen (secondary N) is 2. The fraction of sp³-hybridized carbons (Fsp3) is 0.389. The Bertz CT molecular complexity index is 731. The summed E-state index contributed by atoms with van der Waals surface area (Å²) in [5.74, 6) is -0.701. The van der Waals surface area contributed by atoms with E-state index < -0.39 is 12.0 Å². The van der Waals surface area contributed by atoms with Crippen LogP contribution in [0.5, 0.6) is 0 Å². The number of carboxylic acids is 1. The predicted molar refractivity (Wildman–Crippen MR) is 117 cm³/mol. The first-order valence-corrected chi connectivity index (χ1v) is 9.66. The van der Waals surface area contributed by atoms with Gasteiger partial charge in [-0.2, -0.15) is 11.8 Å². The van der Waals surface area contributed by atoms with E-state index >= 15 is 0 Å². The van der Waals surface area contributed by atoms with Crippen LogP contribution >= 0.6 is 36.6 Å². The Kier molecular flexibility index (Phi) is 12.6. The molecule has 0 saturated carbocycles. The molecule has 1 atom stereocenters. The van der Waals surface area contributed by atoms with Crippen LogP contribution in [0.15, 0.2) is 36.8 Å². The van der Waals surface area contributed by atoms with E-state index in [1.165, 1.54) is 0 Å². The second-order valence-corrected chi connectivity index (χ2v) is 7.06. The molecule has 3 N–H and O–H groups in total. The van der Waals surface area contributed by atoms with Crippen molar-refractivity contribution in [3.8, 4) is 0 Å². The fourth-order valence-electron chi connectivity index (χ4n) is 2.57. The molecule has 0 saturated heterocycles. The summed E-state index contributed by atoms with van der Waals surface area (Å²) in [6.07, 6.45) is 5.79. The van der Waals surface area contributed by atoms with Gasteiger partial charge in [0.05, 0.1) is 12.0 Å². The Morgan fingerprint density at radius 1 is 1.32 bits per heavy atom. The maximum absolute atomic E-state index is 12.4. The lowest BCUT2D eigenvalue weighted by Gasteiger charge is -2.17. The Hall–Kier alpha value is -1.74. The Morgan fingerprint density at radius 2 is 2.07 bits per heavy atom. The quantitative estimate of drug-likeness (QED) is 0.516. The summed E-state index contributed by atoms with van der Waals surface area (Å²) in [5.41, 5.74) is 2.39. The molecule has 156 valence electrons. The molecule has 0 bridgehead atoms. The first-order chi connectivity index (χ1) is 12.5. The molecule has 1 heterocycles. The smallest absolute Gasteiger partial charge is 0.326 e. The SMILES string of the molecule is CSCC[C@H](NC(=O)c1cccc(CN(C)Cc2c[nH]cn2)c1)C(=O)O.Cl.Cl. The lowest BCUT2D eigenvalue weighted by atomic mass is 10.1. The van der Waals surface area contributed by atoms with Crippen molar-refractivity contribution in [2.45, 2.75) is 25.6 Å². The number of H-pyrrole nitrogens is 1. The van der Waals surface area contributed by atoms with Gasteiger partial charge in [-0.05, 0) is 43.2 Å². The highest BCUT2D eigenvalue weighted by molar-refractivity contribution is 7.98. The van der Waals surface area contributed by atoms with E-state index in [0.717, 1.165) is 11.3 Å². The van der Waals surface area contributed by atoms with E-state index in [9.17, 15) is 14.7 Å². The van der Waals surface area contributed by atoms with Gasteiger partial charge in [0.25, 0.3) is 5.91 Å². The summed E-state index contributed by atoms with van der Waals surface area (Å²) in [6.45, 7) is 1.35. The molecule has 0 fully saturated rings. The van der Waals surface area contributed by atoms with E-state index in [1.54, 1.807) is 30.2 Å². The number of aromatic nitrogens is 2. The van der Waals surface area contributed by atoms with Gasteiger partial charge in [0, 0.05) is 24.8 Å². The minimum Gasteiger partial charge on any atom is -0.480 e. The van der Waals surface area contributed by atoms with Crippen LogP contribution in [-0.4, -0.2) is 56.9 Å². The van der Waals surface area contributed by atoms with E-state index in [-0.39, 0.29) is 30.7 Å². The van der Waals surface area contributed by atoms with Gasteiger partial charge in [0.1, 0.15) is 6.04 Å². The van der Waals surface area contributed by atoms with E-state index in [1.807, 2.05) is 31.6 Å². The van der Waals surface area contributed by atoms with Gasteiger partial charge in [0.2, 0.25) is 0 Å². The average Bonchev–Trinajstić information content (AvgIpc) is 3.11. The van der Waals surface area contributed by atoms with Crippen molar-refractivity contribution in [1.29, 1.82) is 0 Å². The lowest BCUT2D eigenvalue weighted by molar-refractivity contribution is -0.139. The molecule has 7 nitrogen and oxygen atoms in total. The van der Waals surface area contributed by atoms with E-state index in [4.69, 9.17) is 0 Å². The maximum atomic E-state index is 12.4. The number of carbonyl (C=O) groups is 2. The lowest BCUT2D eigenvalue weighted by Crippen LogP contribution is -2.41. The van der Waals surface area contributed by atoms with Gasteiger partial charge in [0.15, 0.2) is 0 Å². The van der Waals surface area contributed by atoms with Gasteiger partial charge in [-0.25, -0.2) is 9.78 Å². The van der Waals surface area contributed by atoms with Crippen LogP contribution in [0.3, 0.4) is 0 Å². The van der Waals surface area contributed by atoms with Gasteiger partial charge in [-0.15, -0.1) is 24.8 Å². The molecule has 1 aromatic heterocycles. The number of amides is 1. The van der Waals surface area contributed by atoms with Crippen LogP contribution in [0.2, 0.25) is 0 Å². The van der Waals surface area contributed by atoms with Crippen molar-refractivity contribution in [1.82, 2.24) is 20.2 Å². The summed E-state index contributed by atoms with van der Waals surface area (Å²) in [4.78, 5) is 32.9. The molecule has 2 aromatic rings. The number of benzene rings is 1. The van der Waals surface area contributed by atoms with Crippen LogP contribution in [0.25, 0.3) is 0 Å². The number of imidazole rings is 1. The largest absolute Gasteiger partial charge is 0.480 e. The van der Waals surface area contributed by atoms with E-state index in [2.05, 4.69) is 20.2 Å². The highest BCUT2D eigenvalue weighted by Crippen LogP contribution is 2.10. The minimum atomic E-state index is -1.01. The fourth-order valence-corrected chi connectivity index (χ4v) is 3.04. The highest BCUT2D eigenvalue weighted by Gasteiger charge is 2.20. The number of aliphatic carboxylic acids is 1. The molecule has 0 aliphatic heterocycles. The third-order valence-corrected chi connectivity index (χ3v) is 4.49. The molecular formula is C18H26Cl2N4O3S. The second kappa shape index (κ2) is 13.4. The molecule has 0 aliphatic carbocycles. The monoisotopic (exact) mass is 448 g/mol. The van der Waals surface area contributed by atoms with Crippen LogP contribution in [0.4, 0.5) is 0 Å². The molecule has 10 heteroatoms. The highest BCUT2D eigenvalue weighted by atomic mass is 35.5.